The molecule has 0 saturated carbocycles. The van der Waals surface area contributed by atoms with Crippen LogP contribution in [-0.4, -0.2) is 29.7 Å². The Morgan fingerprint density at radius 3 is 2.71 bits per heavy atom. The van der Waals surface area contributed by atoms with Crippen molar-refractivity contribution in [2.75, 3.05) is 6.54 Å². The van der Waals surface area contributed by atoms with Gasteiger partial charge in [0.15, 0.2) is 0 Å². The Balaban J connectivity index is 2.20. The quantitative estimate of drug-likeness (QED) is 0.660. The lowest BCUT2D eigenvalue weighted by Gasteiger charge is -2.04. The van der Waals surface area contributed by atoms with E-state index in [9.17, 15) is 9.59 Å². The van der Waals surface area contributed by atoms with Crippen molar-refractivity contribution in [2.24, 2.45) is 5.10 Å². The number of nitrogens with zero attached hydrogens (tertiary/aromatic N) is 2. The molecule has 0 spiro atoms. The van der Waals surface area contributed by atoms with Gasteiger partial charge < -0.3 is 5.32 Å². The van der Waals surface area contributed by atoms with Crippen molar-refractivity contribution in [3.05, 3.63) is 33.8 Å². The topological polar surface area (TPSA) is 61.8 Å². The Labute approximate surface area is 107 Å². The minimum atomic E-state index is -0.545. The van der Waals surface area contributed by atoms with Crippen LogP contribution in [0.25, 0.3) is 0 Å². The number of hydrogen-bond donors (Lipinski definition) is 1. The molecule has 0 atom stereocenters. The molecular formula is C10H7Cl2N3O2. The molecule has 3 amide bonds. The molecule has 1 aromatic rings. The predicted molar refractivity (Wildman–Crippen MR) is 64.3 cm³/mol. The lowest BCUT2D eigenvalue weighted by molar-refractivity contribution is -0.124. The number of hydrogen-bond acceptors (Lipinski definition) is 3. The van der Waals surface area contributed by atoms with E-state index in [4.69, 9.17) is 23.2 Å². The molecule has 1 aliphatic heterocycles. The second-order valence-electron chi connectivity index (χ2n) is 3.27. The van der Waals surface area contributed by atoms with Gasteiger partial charge in [-0.15, -0.1) is 5.01 Å². The molecular weight excluding hydrogens is 265 g/mol. The van der Waals surface area contributed by atoms with Crippen LogP contribution in [0.2, 0.25) is 10.0 Å². The number of amides is 3. The van der Waals surface area contributed by atoms with Crippen LogP contribution in [0.1, 0.15) is 5.56 Å². The van der Waals surface area contributed by atoms with Crippen molar-refractivity contribution in [3.8, 4) is 0 Å². The molecule has 0 aliphatic carbocycles. The van der Waals surface area contributed by atoms with Crippen molar-refractivity contribution in [2.45, 2.75) is 0 Å². The number of hydrazone groups is 1. The third-order valence-corrected chi connectivity index (χ3v) is 2.66. The minimum absolute atomic E-state index is 0.0372. The molecule has 0 bridgehead atoms. The number of nitrogens with one attached hydrogen (secondary N) is 1. The van der Waals surface area contributed by atoms with Gasteiger partial charge in [0.05, 0.1) is 11.2 Å². The van der Waals surface area contributed by atoms with Crippen LogP contribution in [0, 0.1) is 0 Å². The fourth-order valence-electron chi connectivity index (χ4n) is 1.26. The van der Waals surface area contributed by atoms with Gasteiger partial charge in [-0.3, -0.25) is 4.79 Å². The smallest absolute Gasteiger partial charge is 0.327 e. The highest BCUT2D eigenvalue weighted by Gasteiger charge is 2.27. The van der Waals surface area contributed by atoms with Crippen LogP contribution < -0.4 is 5.32 Å². The molecule has 1 heterocycles. The third-order valence-electron chi connectivity index (χ3n) is 2.09. The summed E-state index contributed by atoms with van der Waals surface area (Å²) in [5.74, 6) is -0.406. The first-order chi connectivity index (χ1) is 8.08. The number of carbonyl (C=O) groups is 2. The van der Waals surface area contributed by atoms with E-state index in [-0.39, 0.29) is 6.54 Å². The SMILES string of the molecule is O=C1CNC(=O)N1/N=C\c1ccc(Cl)cc1Cl. The highest BCUT2D eigenvalue weighted by atomic mass is 35.5. The summed E-state index contributed by atoms with van der Waals surface area (Å²) in [4.78, 5) is 22.4. The van der Waals surface area contributed by atoms with Gasteiger partial charge >= 0.3 is 6.03 Å². The van der Waals surface area contributed by atoms with Gasteiger partial charge in [-0.2, -0.15) is 5.10 Å². The summed E-state index contributed by atoms with van der Waals surface area (Å²) in [7, 11) is 0. The first-order valence-electron chi connectivity index (χ1n) is 4.68. The second-order valence-corrected chi connectivity index (χ2v) is 4.12. The third kappa shape index (κ3) is 2.57. The lowest BCUT2D eigenvalue weighted by atomic mass is 10.2. The first-order valence-corrected chi connectivity index (χ1v) is 5.43. The van der Waals surface area contributed by atoms with Gasteiger partial charge in [-0.05, 0) is 12.1 Å². The number of rotatable bonds is 2. The van der Waals surface area contributed by atoms with Gasteiger partial charge in [0.2, 0.25) is 0 Å². The Morgan fingerprint density at radius 2 is 2.12 bits per heavy atom. The maximum atomic E-state index is 11.2. The molecule has 1 N–H and O–H groups in total. The number of imide groups is 1. The average molecular weight is 272 g/mol. The summed E-state index contributed by atoms with van der Waals surface area (Å²) < 4.78 is 0. The second kappa shape index (κ2) is 4.73. The minimum Gasteiger partial charge on any atom is -0.327 e. The monoisotopic (exact) mass is 271 g/mol. The van der Waals surface area contributed by atoms with E-state index in [0.717, 1.165) is 5.01 Å². The van der Waals surface area contributed by atoms with E-state index in [1.807, 2.05) is 0 Å². The van der Waals surface area contributed by atoms with Crippen molar-refractivity contribution in [3.63, 3.8) is 0 Å². The van der Waals surface area contributed by atoms with Crippen molar-refractivity contribution in [1.29, 1.82) is 0 Å². The standard InChI is InChI=1S/C10H7Cl2N3O2/c11-7-2-1-6(8(12)3-7)4-14-15-9(16)5-13-10(15)17/h1-4H,5H2,(H,13,17)/b14-4-. The molecule has 17 heavy (non-hydrogen) atoms. The largest absolute Gasteiger partial charge is 0.345 e. The Hall–Kier alpha value is -1.59. The molecule has 0 unspecified atom stereocenters. The maximum Gasteiger partial charge on any atom is 0.345 e. The summed E-state index contributed by atoms with van der Waals surface area (Å²) in [6, 6.07) is 4.29. The van der Waals surface area contributed by atoms with E-state index in [2.05, 4.69) is 10.4 Å². The first kappa shape index (κ1) is 11.9. The summed E-state index contributed by atoms with van der Waals surface area (Å²) in [6.07, 6.45) is 1.33. The highest BCUT2D eigenvalue weighted by molar-refractivity contribution is 6.36. The Morgan fingerprint density at radius 1 is 1.35 bits per heavy atom. The fraction of sp³-hybridized carbons (Fsp3) is 0.100. The van der Waals surface area contributed by atoms with Gasteiger partial charge in [0.25, 0.3) is 5.91 Å². The van der Waals surface area contributed by atoms with Crippen LogP contribution in [0.15, 0.2) is 23.3 Å². The van der Waals surface area contributed by atoms with Crippen LogP contribution in [-0.2, 0) is 4.79 Å². The fourth-order valence-corrected chi connectivity index (χ4v) is 1.71. The molecule has 1 aliphatic rings. The molecule has 1 fully saturated rings. The average Bonchev–Trinajstić information content (AvgIpc) is 2.58. The van der Waals surface area contributed by atoms with Crippen LogP contribution in [0.3, 0.4) is 0 Å². The zero-order valence-corrected chi connectivity index (χ0v) is 10.00. The molecule has 0 radical (unpaired) electrons. The van der Waals surface area contributed by atoms with Crippen LogP contribution in [0.4, 0.5) is 4.79 Å². The summed E-state index contributed by atoms with van der Waals surface area (Å²) in [5, 5.41) is 7.77. The van der Waals surface area contributed by atoms with Crippen molar-refractivity contribution >= 4 is 41.4 Å². The highest BCUT2D eigenvalue weighted by Crippen LogP contribution is 2.19. The molecule has 2 rings (SSSR count). The molecule has 1 aromatic carbocycles. The zero-order valence-electron chi connectivity index (χ0n) is 8.48. The summed E-state index contributed by atoms with van der Waals surface area (Å²) >= 11 is 11.6. The molecule has 1 saturated heterocycles. The van der Waals surface area contributed by atoms with E-state index in [0.29, 0.717) is 15.6 Å². The van der Waals surface area contributed by atoms with E-state index < -0.39 is 11.9 Å². The number of halogens is 2. The number of benzene rings is 1. The molecule has 88 valence electrons. The number of carbonyl (C=O) groups excluding carboxylic acids is 2. The maximum absolute atomic E-state index is 11.2. The van der Waals surface area contributed by atoms with Gasteiger partial charge in [0, 0.05) is 10.6 Å². The van der Waals surface area contributed by atoms with Gasteiger partial charge in [-0.25, -0.2) is 4.79 Å². The molecule has 7 heteroatoms. The predicted octanol–water partition coefficient (Wildman–Crippen LogP) is 1.88. The zero-order chi connectivity index (χ0) is 12.4. The van der Waals surface area contributed by atoms with Gasteiger partial charge in [-0.1, -0.05) is 29.3 Å². The number of urea groups is 1. The van der Waals surface area contributed by atoms with E-state index in [1.165, 1.54) is 6.21 Å². The van der Waals surface area contributed by atoms with E-state index in [1.54, 1.807) is 18.2 Å². The van der Waals surface area contributed by atoms with Crippen LogP contribution in [0.5, 0.6) is 0 Å². The normalized spacial score (nSPS) is 15.8. The van der Waals surface area contributed by atoms with Crippen molar-refractivity contribution in [1.82, 2.24) is 10.3 Å². The van der Waals surface area contributed by atoms with Crippen molar-refractivity contribution < 1.29 is 9.59 Å². The van der Waals surface area contributed by atoms with E-state index >= 15 is 0 Å². The van der Waals surface area contributed by atoms with Gasteiger partial charge in [0.1, 0.15) is 6.54 Å². The lowest BCUT2D eigenvalue weighted by Crippen LogP contribution is -2.25. The summed E-state index contributed by atoms with van der Waals surface area (Å²) in [6.45, 7) is -0.0372. The Kier molecular flexibility index (Phi) is 3.31. The molecule has 0 aromatic heterocycles. The summed E-state index contributed by atoms with van der Waals surface area (Å²) in [5.41, 5.74) is 0.573. The molecule has 5 nitrogen and oxygen atoms in total. The Bertz CT molecular complexity index is 500. The van der Waals surface area contributed by atoms with Crippen LogP contribution >= 0.6 is 23.2 Å².